The molecule has 6 nitrogen and oxygen atoms in total. The molecule has 0 unspecified atom stereocenters. The SMILES string of the molecule is CCCCNC(=O)COc1ccc(N)c(C(=O)O)c1. The minimum atomic E-state index is -1.13. The Morgan fingerprint density at radius 2 is 2.16 bits per heavy atom. The summed E-state index contributed by atoms with van der Waals surface area (Å²) in [6.07, 6.45) is 1.91. The van der Waals surface area contributed by atoms with Gasteiger partial charge in [0, 0.05) is 12.2 Å². The largest absolute Gasteiger partial charge is 0.484 e. The fourth-order valence-electron chi connectivity index (χ4n) is 1.41. The van der Waals surface area contributed by atoms with Crippen molar-refractivity contribution in [2.45, 2.75) is 19.8 Å². The average Bonchev–Trinajstić information content (AvgIpc) is 2.37. The van der Waals surface area contributed by atoms with E-state index in [0.29, 0.717) is 12.3 Å². The lowest BCUT2D eigenvalue weighted by Gasteiger charge is -2.08. The molecule has 19 heavy (non-hydrogen) atoms. The second kappa shape index (κ2) is 7.25. The molecule has 1 rings (SSSR count). The van der Waals surface area contributed by atoms with Crippen molar-refractivity contribution < 1.29 is 19.4 Å². The molecule has 1 amide bonds. The first kappa shape index (κ1) is 14.8. The van der Waals surface area contributed by atoms with Gasteiger partial charge in [-0.2, -0.15) is 0 Å². The summed E-state index contributed by atoms with van der Waals surface area (Å²) in [4.78, 5) is 22.3. The number of aromatic carboxylic acids is 1. The molecule has 4 N–H and O–H groups in total. The summed E-state index contributed by atoms with van der Waals surface area (Å²) in [7, 11) is 0. The summed E-state index contributed by atoms with van der Waals surface area (Å²) in [5, 5.41) is 11.6. The van der Waals surface area contributed by atoms with Gasteiger partial charge in [-0.3, -0.25) is 4.79 Å². The number of ether oxygens (including phenoxy) is 1. The van der Waals surface area contributed by atoms with Gasteiger partial charge in [0.1, 0.15) is 5.75 Å². The summed E-state index contributed by atoms with van der Waals surface area (Å²) in [5.74, 6) is -1.06. The molecule has 0 aliphatic heterocycles. The van der Waals surface area contributed by atoms with Crippen molar-refractivity contribution in [1.29, 1.82) is 0 Å². The third-order valence-corrected chi connectivity index (χ3v) is 2.48. The van der Waals surface area contributed by atoms with Crippen LogP contribution in [-0.2, 0) is 4.79 Å². The number of nitrogen functional groups attached to an aromatic ring is 1. The first-order valence-electron chi connectivity index (χ1n) is 6.07. The predicted octanol–water partition coefficient (Wildman–Crippen LogP) is 1.26. The fourth-order valence-corrected chi connectivity index (χ4v) is 1.41. The van der Waals surface area contributed by atoms with E-state index in [-0.39, 0.29) is 23.8 Å². The zero-order valence-corrected chi connectivity index (χ0v) is 10.8. The fraction of sp³-hybridized carbons (Fsp3) is 0.385. The van der Waals surface area contributed by atoms with E-state index >= 15 is 0 Å². The molecule has 0 aliphatic rings. The van der Waals surface area contributed by atoms with E-state index in [1.807, 2.05) is 6.92 Å². The molecule has 0 bridgehead atoms. The number of benzene rings is 1. The highest BCUT2D eigenvalue weighted by Gasteiger charge is 2.10. The summed E-state index contributed by atoms with van der Waals surface area (Å²) in [6, 6.07) is 4.27. The van der Waals surface area contributed by atoms with Crippen LogP contribution in [0.4, 0.5) is 5.69 Å². The number of hydrogen-bond donors (Lipinski definition) is 3. The topological polar surface area (TPSA) is 102 Å². The van der Waals surface area contributed by atoms with Gasteiger partial charge < -0.3 is 20.9 Å². The summed E-state index contributed by atoms with van der Waals surface area (Å²) in [6.45, 7) is 2.50. The highest BCUT2D eigenvalue weighted by molar-refractivity contribution is 5.94. The number of carbonyl (C=O) groups excluding carboxylic acids is 1. The van der Waals surface area contributed by atoms with E-state index in [0.717, 1.165) is 12.8 Å². The van der Waals surface area contributed by atoms with Crippen molar-refractivity contribution >= 4 is 17.6 Å². The lowest BCUT2D eigenvalue weighted by atomic mass is 10.2. The smallest absolute Gasteiger partial charge is 0.337 e. The molecular formula is C13H18N2O4. The lowest BCUT2D eigenvalue weighted by Crippen LogP contribution is -2.29. The Labute approximate surface area is 111 Å². The van der Waals surface area contributed by atoms with Crippen LogP contribution in [0.15, 0.2) is 18.2 Å². The number of hydrogen-bond acceptors (Lipinski definition) is 4. The van der Waals surface area contributed by atoms with Gasteiger partial charge in [0.15, 0.2) is 6.61 Å². The van der Waals surface area contributed by atoms with Crippen LogP contribution in [0.1, 0.15) is 30.1 Å². The zero-order valence-electron chi connectivity index (χ0n) is 10.8. The van der Waals surface area contributed by atoms with E-state index in [4.69, 9.17) is 15.6 Å². The molecule has 0 spiro atoms. The molecule has 1 aromatic carbocycles. The van der Waals surface area contributed by atoms with E-state index in [1.54, 1.807) is 0 Å². The molecule has 0 radical (unpaired) electrons. The standard InChI is InChI=1S/C13H18N2O4/c1-2-3-6-15-12(16)8-19-9-4-5-11(14)10(7-9)13(17)18/h4-5,7H,2-3,6,8,14H2,1H3,(H,15,16)(H,17,18). The van der Waals surface area contributed by atoms with Crippen LogP contribution in [0.2, 0.25) is 0 Å². The summed E-state index contributed by atoms with van der Waals surface area (Å²) < 4.78 is 5.21. The molecule has 0 saturated carbocycles. The van der Waals surface area contributed by atoms with Gasteiger partial charge in [-0.25, -0.2) is 4.79 Å². The van der Waals surface area contributed by atoms with Crippen molar-refractivity contribution in [3.63, 3.8) is 0 Å². The van der Waals surface area contributed by atoms with Crippen molar-refractivity contribution in [3.8, 4) is 5.75 Å². The zero-order chi connectivity index (χ0) is 14.3. The van der Waals surface area contributed by atoms with Crippen molar-refractivity contribution in [2.75, 3.05) is 18.9 Å². The number of amides is 1. The van der Waals surface area contributed by atoms with Crippen molar-refractivity contribution in [1.82, 2.24) is 5.32 Å². The van der Waals surface area contributed by atoms with E-state index in [2.05, 4.69) is 5.32 Å². The first-order chi connectivity index (χ1) is 9.04. The Morgan fingerprint density at radius 1 is 1.42 bits per heavy atom. The molecule has 0 atom stereocenters. The summed E-state index contributed by atoms with van der Waals surface area (Å²) >= 11 is 0. The second-order valence-corrected chi connectivity index (χ2v) is 4.05. The molecule has 0 fully saturated rings. The average molecular weight is 266 g/mol. The minimum Gasteiger partial charge on any atom is -0.484 e. The maximum atomic E-state index is 11.4. The lowest BCUT2D eigenvalue weighted by molar-refractivity contribution is -0.123. The van der Waals surface area contributed by atoms with E-state index in [9.17, 15) is 9.59 Å². The van der Waals surface area contributed by atoms with Gasteiger partial charge in [0.25, 0.3) is 5.91 Å². The van der Waals surface area contributed by atoms with Crippen molar-refractivity contribution in [3.05, 3.63) is 23.8 Å². The number of nitrogens with one attached hydrogen (secondary N) is 1. The van der Waals surface area contributed by atoms with Crippen molar-refractivity contribution in [2.24, 2.45) is 0 Å². The Kier molecular flexibility index (Phi) is 5.66. The molecule has 0 aliphatic carbocycles. The third-order valence-electron chi connectivity index (χ3n) is 2.48. The highest BCUT2D eigenvalue weighted by Crippen LogP contribution is 2.19. The molecule has 104 valence electrons. The molecular weight excluding hydrogens is 248 g/mol. The van der Waals surface area contributed by atoms with E-state index < -0.39 is 5.97 Å². The quantitative estimate of drug-likeness (QED) is 0.509. The number of rotatable bonds is 7. The van der Waals surface area contributed by atoms with Crippen LogP contribution >= 0.6 is 0 Å². The van der Waals surface area contributed by atoms with Crippen LogP contribution in [0.25, 0.3) is 0 Å². The van der Waals surface area contributed by atoms with Gasteiger partial charge in [-0.15, -0.1) is 0 Å². The maximum absolute atomic E-state index is 11.4. The van der Waals surface area contributed by atoms with E-state index in [1.165, 1.54) is 18.2 Å². The summed E-state index contributed by atoms with van der Waals surface area (Å²) in [5.41, 5.74) is 5.63. The number of carbonyl (C=O) groups is 2. The normalized spacial score (nSPS) is 9.95. The number of unbranched alkanes of at least 4 members (excludes halogenated alkanes) is 1. The van der Waals surface area contributed by atoms with Crippen LogP contribution in [0.5, 0.6) is 5.75 Å². The van der Waals surface area contributed by atoms with Gasteiger partial charge in [-0.05, 0) is 24.6 Å². The monoisotopic (exact) mass is 266 g/mol. The molecule has 1 aromatic rings. The van der Waals surface area contributed by atoms with Gasteiger partial charge in [0.2, 0.25) is 0 Å². The van der Waals surface area contributed by atoms with Gasteiger partial charge >= 0.3 is 5.97 Å². The molecule has 0 aromatic heterocycles. The second-order valence-electron chi connectivity index (χ2n) is 4.05. The Balaban J connectivity index is 2.51. The maximum Gasteiger partial charge on any atom is 0.337 e. The number of nitrogens with two attached hydrogens (primary N) is 1. The minimum absolute atomic E-state index is 0.0381. The predicted molar refractivity (Wildman–Crippen MR) is 71.2 cm³/mol. The van der Waals surface area contributed by atoms with Crippen LogP contribution < -0.4 is 15.8 Å². The number of anilines is 1. The Hall–Kier alpha value is -2.24. The number of carboxylic acid groups (broad SMARTS) is 1. The molecule has 0 saturated heterocycles. The number of carboxylic acids is 1. The molecule has 0 heterocycles. The van der Waals surface area contributed by atoms with Crippen LogP contribution in [-0.4, -0.2) is 30.1 Å². The van der Waals surface area contributed by atoms with Crippen LogP contribution in [0, 0.1) is 0 Å². The third kappa shape index (κ3) is 4.87. The van der Waals surface area contributed by atoms with Crippen LogP contribution in [0.3, 0.4) is 0 Å². The Bertz CT molecular complexity index is 460. The van der Waals surface area contributed by atoms with Gasteiger partial charge in [0.05, 0.1) is 5.56 Å². The first-order valence-corrected chi connectivity index (χ1v) is 6.07. The Morgan fingerprint density at radius 3 is 2.79 bits per heavy atom. The molecule has 6 heteroatoms. The van der Waals surface area contributed by atoms with Gasteiger partial charge in [-0.1, -0.05) is 13.3 Å². The highest BCUT2D eigenvalue weighted by atomic mass is 16.5.